The van der Waals surface area contributed by atoms with Gasteiger partial charge in [0, 0.05) is 19.2 Å². The first-order chi connectivity index (χ1) is 8.38. The van der Waals surface area contributed by atoms with Crippen LogP contribution in [0.2, 0.25) is 0 Å². The molecule has 6 nitrogen and oxygen atoms in total. The van der Waals surface area contributed by atoms with E-state index in [1.807, 2.05) is 0 Å². The summed E-state index contributed by atoms with van der Waals surface area (Å²) in [6.45, 7) is 2.13. The normalized spacial score (nSPS) is 11.4. The van der Waals surface area contributed by atoms with E-state index in [0.717, 1.165) is 0 Å². The first-order valence-corrected chi connectivity index (χ1v) is 6.76. The van der Waals surface area contributed by atoms with Gasteiger partial charge in [0.15, 0.2) is 0 Å². The van der Waals surface area contributed by atoms with E-state index < -0.39 is 15.9 Å². The lowest BCUT2D eigenvalue weighted by molar-refractivity contribution is 0.0999. The maximum atomic E-state index is 11.9. The summed E-state index contributed by atoms with van der Waals surface area (Å²) >= 11 is 0. The van der Waals surface area contributed by atoms with Gasteiger partial charge in [0.05, 0.1) is 11.5 Å². The molecule has 1 aromatic carbocycles. The van der Waals surface area contributed by atoms with Crippen LogP contribution in [0.15, 0.2) is 23.1 Å². The molecule has 0 fully saturated rings. The van der Waals surface area contributed by atoms with Crippen molar-refractivity contribution in [3.05, 3.63) is 29.3 Å². The van der Waals surface area contributed by atoms with Gasteiger partial charge >= 0.3 is 0 Å². The van der Waals surface area contributed by atoms with Gasteiger partial charge in [-0.15, -0.1) is 0 Å². The van der Waals surface area contributed by atoms with Gasteiger partial charge in [-0.2, -0.15) is 0 Å². The standard InChI is InChI=1S/C11H16N2O4S/c1-8-3-4-9(7-10(8)11(12)14)18(15,16)13-5-6-17-2/h3-4,7,13H,5-6H2,1-2H3,(H2,12,14). The number of hydrogen-bond acceptors (Lipinski definition) is 4. The van der Waals surface area contributed by atoms with Crippen molar-refractivity contribution in [2.75, 3.05) is 20.3 Å². The average Bonchev–Trinajstić information content (AvgIpc) is 2.29. The minimum atomic E-state index is -3.64. The number of sulfonamides is 1. The minimum absolute atomic E-state index is 0.0120. The van der Waals surface area contributed by atoms with E-state index in [2.05, 4.69) is 4.72 Å². The summed E-state index contributed by atoms with van der Waals surface area (Å²) in [6, 6.07) is 4.24. The molecular weight excluding hydrogens is 256 g/mol. The average molecular weight is 272 g/mol. The lowest BCUT2D eigenvalue weighted by Gasteiger charge is -2.08. The first kappa shape index (κ1) is 14.6. The SMILES string of the molecule is COCCNS(=O)(=O)c1ccc(C)c(C(N)=O)c1. The van der Waals surface area contributed by atoms with Gasteiger partial charge in [-0.3, -0.25) is 4.79 Å². The molecule has 0 atom stereocenters. The molecular formula is C11H16N2O4S. The van der Waals surface area contributed by atoms with Crippen molar-refractivity contribution in [3.8, 4) is 0 Å². The number of hydrogen-bond donors (Lipinski definition) is 2. The lowest BCUT2D eigenvalue weighted by Crippen LogP contribution is -2.27. The molecule has 0 saturated carbocycles. The van der Waals surface area contributed by atoms with Crippen LogP contribution in [0.1, 0.15) is 15.9 Å². The molecule has 0 aliphatic heterocycles. The molecule has 0 heterocycles. The molecule has 1 aromatic rings. The Hall–Kier alpha value is -1.44. The van der Waals surface area contributed by atoms with Crippen LogP contribution < -0.4 is 10.5 Å². The number of aryl methyl sites for hydroxylation is 1. The Kier molecular flexibility index (Phi) is 4.83. The van der Waals surface area contributed by atoms with Crippen LogP contribution in [-0.4, -0.2) is 34.6 Å². The van der Waals surface area contributed by atoms with Crippen molar-refractivity contribution in [2.45, 2.75) is 11.8 Å². The molecule has 0 unspecified atom stereocenters. The predicted molar refractivity (Wildman–Crippen MR) is 66.8 cm³/mol. The molecule has 100 valence electrons. The van der Waals surface area contributed by atoms with Crippen LogP contribution in [0.3, 0.4) is 0 Å². The Balaban J connectivity index is 3.02. The fraction of sp³-hybridized carbons (Fsp3) is 0.364. The fourth-order valence-corrected chi connectivity index (χ4v) is 2.43. The molecule has 0 bridgehead atoms. The highest BCUT2D eigenvalue weighted by Crippen LogP contribution is 2.15. The van der Waals surface area contributed by atoms with E-state index in [0.29, 0.717) is 5.56 Å². The van der Waals surface area contributed by atoms with Crippen molar-refractivity contribution in [1.29, 1.82) is 0 Å². The minimum Gasteiger partial charge on any atom is -0.383 e. The third-order valence-electron chi connectivity index (χ3n) is 2.38. The molecule has 0 radical (unpaired) electrons. The topological polar surface area (TPSA) is 98.5 Å². The van der Waals surface area contributed by atoms with Crippen molar-refractivity contribution >= 4 is 15.9 Å². The van der Waals surface area contributed by atoms with Crippen LogP contribution in [0, 0.1) is 6.92 Å². The second-order valence-electron chi connectivity index (χ2n) is 3.73. The second-order valence-corrected chi connectivity index (χ2v) is 5.50. The van der Waals surface area contributed by atoms with Gasteiger partial charge in [-0.25, -0.2) is 13.1 Å². The predicted octanol–water partition coefficient (Wildman–Crippen LogP) is 0.0186. The van der Waals surface area contributed by atoms with Gasteiger partial charge in [0.25, 0.3) is 0 Å². The number of nitrogens with one attached hydrogen (secondary N) is 1. The number of primary amides is 1. The maximum absolute atomic E-state index is 11.9. The number of carbonyl (C=O) groups is 1. The smallest absolute Gasteiger partial charge is 0.249 e. The Morgan fingerprint density at radius 1 is 1.44 bits per heavy atom. The largest absolute Gasteiger partial charge is 0.383 e. The molecule has 3 N–H and O–H groups in total. The highest BCUT2D eigenvalue weighted by Gasteiger charge is 2.16. The van der Waals surface area contributed by atoms with Crippen LogP contribution in [-0.2, 0) is 14.8 Å². The van der Waals surface area contributed by atoms with E-state index in [-0.39, 0.29) is 23.6 Å². The highest BCUT2D eigenvalue weighted by atomic mass is 32.2. The van der Waals surface area contributed by atoms with Crippen molar-refractivity contribution in [1.82, 2.24) is 4.72 Å². The number of nitrogens with two attached hydrogens (primary N) is 1. The number of amides is 1. The summed E-state index contributed by atoms with van der Waals surface area (Å²) < 4.78 is 30.9. The molecule has 1 amide bonds. The van der Waals surface area contributed by atoms with E-state index in [4.69, 9.17) is 10.5 Å². The Morgan fingerprint density at radius 2 is 2.11 bits per heavy atom. The number of methoxy groups -OCH3 is 1. The van der Waals surface area contributed by atoms with Crippen LogP contribution in [0.25, 0.3) is 0 Å². The summed E-state index contributed by atoms with van der Waals surface area (Å²) in [7, 11) is -2.17. The lowest BCUT2D eigenvalue weighted by atomic mass is 10.1. The van der Waals surface area contributed by atoms with E-state index in [1.165, 1.54) is 19.2 Å². The summed E-state index contributed by atoms with van der Waals surface area (Å²) in [5, 5.41) is 0. The maximum Gasteiger partial charge on any atom is 0.249 e. The first-order valence-electron chi connectivity index (χ1n) is 5.27. The zero-order valence-corrected chi connectivity index (χ0v) is 11.1. The van der Waals surface area contributed by atoms with Crippen LogP contribution in [0.5, 0.6) is 0 Å². The summed E-state index contributed by atoms with van der Waals surface area (Å²) in [4.78, 5) is 11.2. The summed E-state index contributed by atoms with van der Waals surface area (Å²) in [5.74, 6) is -0.651. The molecule has 0 aliphatic carbocycles. The summed E-state index contributed by atoms with van der Waals surface area (Å²) in [5.41, 5.74) is 6.01. The Bertz CT molecular complexity index is 540. The number of carbonyl (C=O) groups excluding carboxylic acids is 1. The van der Waals surface area contributed by atoms with Crippen molar-refractivity contribution in [3.63, 3.8) is 0 Å². The molecule has 0 aromatic heterocycles. The quantitative estimate of drug-likeness (QED) is 0.713. The second kappa shape index (κ2) is 5.94. The van der Waals surface area contributed by atoms with Crippen LogP contribution in [0.4, 0.5) is 0 Å². The number of ether oxygens (including phenoxy) is 1. The van der Waals surface area contributed by atoms with E-state index in [9.17, 15) is 13.2 Å². The third kappa shape index (κ3) is 3.52. The van der Waals surface area contributed by atoms with E-state index >= 15 is 0 Å². The highest BCUT2D eigenvalue weighted by molar-refractivity contribution is 7.89. The van der Waals surface area contributed by atoms with Gasteiger partial charge in [0.2, 0.25) is 15.9 Å². The van der Waals surface area contributed by atoms with Crippen molar-refractivity contribution in [2.24, 2.45) is 5.73 Å². The number of rotatable bonds is 6. The van der Waals surface area contributed by atoms with Gasteiger partial charge < -0.3 is 10.5 Å². The molecule has 0 aliphatic rings. The molecule has 18 heavy (non-hydrogen) atoms. The Labute approximate surface area is 106 Å². The molecule has 0 spiro atoms. The van der Waals surface area contributed by atoms with Crippen LogP contribution >= 0.6 is 0 Å². The fourth-order valence-electron chi connectivity index (χ4n) is 1.40. The zero-order valence-electron chi connectivity index (χ0n) is 10.3. The zero-order chi connectivity index (χ0) is 13.8. The van der Waals surface area contributed by atoms with Gasteiger partial charge in [0.1, 0.15) is 0 Å². The summed E-state index contributed by atoms with van der Waals surface area (Å²) in [6.07, 6.45) is 0. The number of benzene rings is 1. The van der Waals surface area contributed by atoms with E-state index in [1.54, 1.807) is 13.0 Å². The molecule has 1 rings (SSSR count). The van der Waals surface area contributed by atoms with Gasteiger partial charge in [-0.1, -0.05) is 6.07 Å². The molecule has 7 heteroatoms. The van der Waals surface area contributed by atoms with Gasteiger partial charge in [-0.05, 0) is 24.6 Å². The third-order valence-corrected chi connectivity index (χ3v) is 3.84. The molecule has 0 saturated heterocycles. The van der Waals surface area contributed by atoms with Crippen molar-refractivity contribution < 1.29 is 17.9 Å². The monoisotopic (exact) mass is 272 g/mol. The Morgan fingerprint density at radius 3 is 2.67 bits per heavy atom.